The van der Waals surface area contributed by atoms with Gasteiger partial charge in [-0.05, 0) is 37.1 Å². The molecule has 0 spiro atoms. The Morgan fingerprint density at radius 1 is 1.20 bits per heavy atom. The van der Waals surface area contributed by atoms with Crippen molar-refractivity contribution in [3.05, 3.63) is 69.0 Å². The Hall–Kier alpha value is -2.56. The van der Waals surface area contributed by atoms with Crippen LogP contribution in [-0.4, -0.2) is 15.7 Å². The highest BCUT2D eigenvalue weighted by Crippen LogP contribution is 2.18. The van der Waals surface area contributed by atoms with E-state index in [0.29, 0.717) is 16.8 Å². The number of non-ortho nitro benzene ring substituents is 1. The summed E-state index contributed by atoms with van der Waals surface area (Å²) in [5.74, 6) is -0.173. The van der Waals surface area contributed by atoms with Gasteiger partial charge in [0.25, 0.3) is 5.69 Å². The number of ketones is 1. The Kier molecular flexibility index (Phi) is 3.89. The summed E-state index contributed by atoms with van der Waals surface area (Å²) in [7, 11) is 0. The lowest BCUT2D eigenvalue weighted by Gasteiger charge is -2.03. The van der Waals surface area contributed by atoms with Crippen LogP contribution in [0.15, 0.2) is 36.5 Å². The van der Waals surface area contributed by atoms with Crippen LogP contribution < -0.4 is 0 Å². The summed E-state index contributed by atoms with van der Waals surface area (Å²) in [6, 6.07) is 8.08. The maximum absolute atomic E-state index is 12.2. The third kappa shape index (κ3) is 3.26. The molecule has 0 amide bonds. The highest BCUT2D eigenvalue weighted by Gasteiger charge is 2.14. The van der Waals surface area contributed by atoms with Crippen molar-refractivity contribution in [2.75, 3.05) is 0 Å². The molecule has 1 heterocycles. The van der Waals surface area contributed by atoms with Crippen LogP contribution in [-0.2, 0) is 6.42 Å². The van der Waals surface area contributed by atoms with Gasteiger partial charge in [-0.3, -0.25) is 19.9 Å². The van der Waals surface area contributed by atoms with Crippen LogP contribution in [0, 0.1) is 24.0 Å². The molecule has 2 aromatic rings. The zero-order valence-electron chi connectivity index (χ0n) is 11.3. The van der Waals surface area contributed by atoms with Gasteiger partial charge in [0.1, 0.15) is 0 Å². The number of nitrogens with zero attached hydrogens (tertiary/aromatic N) is 2. The second-order valence-electron chi connectivity index (χ2n) is 4.74. The number of pyridine rings is 1. The molecule has 0 aliphatic rings. The first-order chi connectivity index (χ1) is 9.45. The summed E-state index contributed by atoms with van der Waals surface area (Å²) in [5, 5.41) is 10.8. The zero-order chi connectivity index (χ0) is 14.7. The average Bonchev–Trinajstić information content (AvgIpc) is 2.40. The second-order valence-corrected chi connectivity index (χ2v) is 4.74. The molecule has 0 atom stereocenters. The molecule has 0 fully saturated rings. The number of Topliss-reactive ketones (excluding diaryl/α,β-unsaturated/α-hetero) is 1. The second kappa shape index (κ2) is 5.61. The lowest BCUT2D eigenvalue weighted by molar-refractivity contribution is -0.384. The van der Waals surface area contributed by atoms with Gasteiger partial charge in [-0.1, -0.05) is 6.07 Å². The van der Waals surface area contributed by atoms with Crippen LogP contribution in [0.4, 0.5) is 5.69 Å². The van der Waals surface area contributed by atoms with Crippen molar-refractivity contribution >= 4 is 11.5 Å². The smallest absolute Gasteiger partial charge is 0.270 e. The quantitative estimate of drug-likeness (QED) is 0.486. The molecule has 5 heteroatoms. The zero-order valence-corrected chi connectivity index (χ0v) is 11.3. The minimum Gasteiger partial charge on any atom is -0.294 e. The van der Waals surface area contributed by atoms with E-state index in [0.717, 1.165) is 5.56 Å². The molecule has 0 bridgehead atoms. The van der Waals surface area contributed by atoms with Crippen molar-refractivity contribution in [3.8, 4) is 0 Å². The topological polar surface area (TPSA) is 73.1 Å². The van der Waals surface area contributed by atoms with E-state index in [1.54, 1.807) is 25.3 Å². The third-order valence-corrected chi connectivity index (χ3v) is 2.91. The highest BCUT2D eigenvalue weighted by atomic mass is 16.6. The van der Waals surface area contributed by atoms with Crippen molar-refractivity contribution in [2.45, 2.75) is 20.3 Å². The molecule has 0 aliphatic heterocycles. The lowest BCUT2D eigenvalue weighted by Crippen LogP contribution is -2.06. The van der Waals surface area contributed by atoms with E-state index in [1.165, 1.54) is 12.1 Å². The average molecular weight is 270 g/mol. The van der Waals surface area contributed by atoms with Gasteiger partial charge in [-0.2, -0.15) is 0 Å². The molecule has 0 saturated heterocycles. The number of benzene rings is 1. The maximum Gasteiger partial charge on any atom is 0.270 e. The summed E-state index contributed by atoms with van der Waals surface area (Å²) in [6.45, 7) is 3.65. The maximum atomic E-state index is 12.2. The van der Waals surface area contributed by atoms with E-state index < -0.39 is 4.92 Å². The molecule has 0 radical (unpaired) electrons. The van der Waals surface area contributed by atoms with Crippen molar-refractivity contribution in [1.29, 1.82) is 0 Å². The molecule has 2 rings (SSSR count). The Morgan fingerprint density at radius 2 is 1.95 bits per heavy atom. The molecule has 5 nitrogen and oxygen atoms in total. The van der Waals surface area contributed by atoms with Crippen LogP contribution in [0.3, 0.4) is 0 Å². The fraction of sp³-hybridized carbons (Fsp3) is 0.200. The Bertz CT molecular complexity index is 663. The van der Waals surface area contributed by atoms with Gasteiger partial charge in [0, 0.05) is 29.6 Å². The minimum absolute atomic E-state index is 0.0646. The number of aromatic nitrogens is 1. The number of hydrogen-bond donors (Lipinski definition) is 0. The normalized spacial score (nSPS) is 10.3. The Balaban J connectivity index is 2.25. The van der Waals surface area contributed by atoms with Crippen LogP contribution >= 0.6 is 0 Å². The summed E-state index contributed by atoms with van der Waals surface area (Å²) < 4.78 is 0. The molecule has 102 valence electrons. The summed E-state index contributed by atoms with van der Waals surface area (Å²) in [6.07, 6.45) is 1.84. The van der Waals surface area contributed by atoms with Gasteiger partial charge in [-0.15, -0.1) is 0 Å². The fourth-order valence-corrected chi connectivity index (χ4v) is 1.90. The summed E-state index contributed by atoms with van der Waals surface area (Å²) in [5.41, 5.74) is 2.65. The standard InChI is InChI=1S/C15H14N2O3/c1-10-3-4-13(16-9-10)8-15(18)12-5-11(2)6-14(7-12)17(19)20/h3-7,9H,8H2,1-2H3. The van der Waals surface area contributed by atoms with E-state index in [9.17, 15) is 14.9 Å². The molecule has 0 aliphatic carbocycles. The first kappa shape index (κ1) is 13.9. The number of aryl methyl sites for hydroxylation is 2. The van der Waals surface area contributed by atoms with Crippen LogP contribution in [0.2, 0.25) is 0 Å². The van der Waals surface area contributed by atoms with E-state index >= 15 is 0 Å². The molecule has 20 heavy (non-hydrogen) atoms. The largest absolute Gasteiger partial charge is 0.294 e. The van der Waals surface area contributed by atoms with E-state index in [4.69, 9.17) is 0 Å². The van der Waals surface area contributed by atoms with Gasteiger partial charge in [-0.25, -0.2) is 0 Å². The SMILES string of the molecule is Cc1ccc(CC(=O)c2cc(C)cc([N+](=O)[O-])c2)nc1. The first-order valence-corrected chi connectivity index (χ1v) is 6.16. The fourth-order valence-electron chi connectivity index (χ4n) is 1.90. The molecule has 0 saturated carbocycles. The number of nitro groups is 1. The van der Waals surface area contributed by atoms with E-state index in [1.807, 2.05) is 13.0 Å². The predicted octanol–water partition coefficient (Wildman–Crippen LogP) is 3.03. The number of carbonyl (C=O) groups excluding carboxylic acids is 1. The van der Waals surface area contributed by atoms with Crippen LogP contribution in [0.25, 0.3) is 0 Å². The van der Waals surface area contributed by atoms with E-state index in [-0.39, 0.29) is 17.9 Å². The van der Waals surface area contributed by atoms with Crippen molar-refractivity contribution in [1.82, 2.24) is 4.98 Å². The predicted molar refractivity (Wildman–Crippen MR) is 74.8 cm³/mol. The summed E-state index contributed by atoms with van der Waals surface area (Å²) >= 11 is 0. The molecular weight excluding hydrogens is 256 g/mol. The van der Waals surface area contributed by atoms with E-state index in [2.05, 4.69) is 4.98 Å². The van der Waals surface area contributed by atoms with Gasteiger partial charge in [0.05, 0.1) is 11.3 Å². The third-order valence-electron chi connectivity index (χ3n) is 2.91. The van der Waals surface area contributed by atoms with Crippen molar-refractivity contribution in [3.63, 3.8) is 0 Å². The van der Waals surface area contributed by atoms with Gasteiger partial charge >= 0.3 is 0 Å². The lowest BCUT2D eigenvalue weighted by atomic mass is 10.0. The minimum atomic E-state index is -0.492. The Morgan fingerprint density at radius 3 is 2.55 bits per heavy atom. The Labute approximate surface area is 116 Å². The van der Waals surface area contributed by atoms with Crippen LogP contribution in [0.1, 0.15) is 27.2 Å². The molecule has 1 aromatic heterocycles. The number of rotatable bonds is 4. The first-order valence-electron chi connectivity index (χ1n) is 6.16. The molecule has 0 N–H and O–H groups in total. The number of carbonyl (C=O) groups is 1. The van der Waals surface area contributed by atoms with Gasteiger partial charge < -0.3 is 0 Å². The molecule has 1 aromatic carbocycles. The summed E-state index contributed by atoms with van der Waals surface area (Å²) in [4.78, 5) is 26.6. The van der Waals surface area contributed by atoms with Crippen molar-refractivity contribution < 1.29 is 9.72 Å². The molecule has 0 unspecified atom stereocenters. The monoisotopic (exact) mass is 270 g/mol. The van der Waals surface area contributed by atoms with Crippen LogP contribution in [0.5, 0.6) is 0 Å². The van der Waals surface area contributed by atoms with Crippen molar-refractivity contribution in [2.24, 2.45) is 0 Å². The molecular formula is C15H14N2O3. The number of nitro benzene ring substituents is 1. The van der Waals surface area contributed by atoms with Gasteiger partial charge in [0.15, 0.2) is 5.78 Å². The highest BCUT2D eigenvalue weighted by molar-refractivity contribution is 5.98. The van der Waals surface area contributed by atoms with Gasteiger partial charge in [0.2, 0.25) is 0 Å². The number of hydrogen-bond acceptors (Lipinski definition) is 4.